The lowest BCUT2D eigenvalue weighted by molar-refractivity contribution is -0.172. The zero-order valence-electron chi connectivity index (χ0n) is 15.4. The SMILES string of the molecule is CC(C)NC(=O)C1Cn2ccnc2C2(CCN(C(=O)N(C)C)CC2)O1. The summed E-state index contributed by atoms with van der Waals surface area (Å²) >= 11 is 0. The number of rotatable bonds is 2. The van der Waals surface area contributed by atoms with Gasteiger partial charge in [0.05, 0.1) is 6.54 Å². The van der Waals surface area contributed by atoms with Crippen LogP contribution in [0.15, 0.2) is 12.4 Å². The summed E-state index contributed by atoms with van der Waals surface area (Å²) in [6, 6.07) is 0.0684. The van der Waals surface area contributed by atoms with Gasteiger partial charge in [0.1, 0.15) is 11.4 Å². The standard InChI is InChI=1S/C17H27N5O3/c1-12(2)19-14(23)13-11-22-10-7-18-15(22)17(25-13)5-8-21(9-6-17)16(24)20(3)4/h7,10,12-13H,5-6,8-9,11H2,1-4H3,(H,19,23). The Hall–Kier alpha value is -2.09. The predicted molar refractivity (Wildman–Crippen MR) is 91.9 cm³/mol. The fraction of sp³-hybridized carbons (Fsp3) is 0.706. The van der Waals surface area contributed by atoms with Crippen molar-refractivity contribution < 1.29 is 14.3 Å². The summed E-state index contributed by atoms with van der Waals surface area (Å²) in [5, 5.41) is 2.93. The molecule has 0 saturated carbocycles. The Labute approximate surface area is 148 Å². The maximum atomic E-state index is 12.5. The zero-order chi connectivity index (χ0) is 18.2. The molecule has 138 valence electrons. The number of fused-ring (bicyclic) bond motifs is 2. The minimum Gasteiger partial charge on any atom is -0.352 e. The number of urea groups is 1. The number of piperidine rings is 1. The largest absolute Gasteiger partial charge is 0.352 e. The highest BCUT2D eigenvalue weighted by Gasteiger charge is 2.47. The van der Waals surface area contributed by atoms with Crippen LogP contribution < -0.4 is 5.32 Å². The van der Waals surface area contributed by atoms with E-state index in [0.29, 0.717) is 32.5 Å². The average Bonchev–Trinajstić information content (AvgIpc) is 3.03. The average molecular weight is 349 g/mol. The molecular weight excluding hydrogens is 322 g/mol. The topological polar surface area (TPSA) is 79.7 Å². The molecule has 1 unspecified atom stereocenters. The van der Waals surface area contributed by atoms with Crippen molar-refractivity contribution in [2.24, 2.45) is 0 Å². The second-order valence-corrected chi connectivity index (χ2v) is 7.33. The van der Waals surface area contributed by atoms with Gasteiger partial charge in [0.25, 0.3) is 5.91 Å². The fourth-order valence-corrected chi connectivity index (χ4v) is 3.59. The Morgan fingerprint density at radius 3 is 2.64 bits per heavy atom. The highest BCUT2D eigenvalue weighted by atomic mass is 16.5. The van der Waals surface area contributed by atoms with E-state index in [1.165, 1.54) is 0 Å². The van der Waals surface area contributed by atoms with Crippen molar-refractivity contribution in [3.8, 4) is 0 Å². The van der Waals surface area contributed by atoms with Crippen LogP contribution in [0.2, 0.25) is 0 Å². The van der Waals surface area contributed by atoms with Crippen LogP contribution in [-0.2, 0) is 21.7 Å². The molecule has 1 N–H and O–H groups in total. The number of nitrogens with zero attached hydrogens (tertiary/aromatic N) is 4. The summed E-state index contributed by atoms with van der Waals surface area (Å²) in [5.41, 5.74) is -0.607. The maximum absolute atomic E-state index is 12.5. The highest BCUT2D eigenvalue weighted by molar-refractivity contribution is 5.81. The third-order valence-corrected chi connectivity index (χ3v) is 4.80. The third-order valence-electron chi connectivity index (χ3n) is 4.80. The lowest BCUT2D eigenvalue weighted by atomic mass is 9.88. The van der Waals surface area contributed by atoms with E-state index in [1.807, 2.05) is 29.5 Å². The lowest BCUT2D eigenvalue weighted by Crippen LogP contribution is -2.56. The van der Waals surface area contributed by atoms with Crippen LogP contribution in [0.3, 0.4) is 0 Å². The van der Waals surface area contributed by atoms with Crippen LogP contribution in [0, 0.1) is 0 Å². The number of aromatic nitrogens is 2. The van der Waals surface area contributed by atoms with E-state index < -0.39 is 11.7 Å². The number of carbonyl (C=O) groups excluding carboxylic acids is 2. The first-order valence-corrected chi connectivity index (χ1v) is 8.78. The molecule has 3 rings (SSSR count). The van der Waals surface area contributed by atoms with E-state index in [-0.39, 0.29) is 18.0 Å². The quantitative estimate of drug-likeness (QED) is 0.856. The first-order valence-electron chi connectivity index (χ1n) is 8.78. The van der Waals surface area contributed by atoms with Crippen molar-refractivity contribution in [2.75, 3.05) is 27.2 Å². The van der Waals surface area contributed by atoms with Gasteiger partial charge in [-0.2, -0.15) is 0 Å². The molecule has 0 bridgehead atoms. The second kappa shape index (κ2) is 6.67. The molecule has 2 aliphatic rings. The maximum Gasteiger partial charge on any atom is 0.319 e. The number of ether oxygens (including phenoxy) is 1. The third kappa shape index (κ3) is 3.35. The van der Waals surface area contributed by atoms with Gasteiger partial charge in [-0.05, 0) is 13.8 Å². The van der Waals surface area contributed by atoms with Crippen LogP contribution in [-0.4, -0.2) is 70.6 Å². The van der Waals surface area contributed by atoms with E-state index in [9.17, 15) is 9.59 Å². The van der Waals surface area contributed by atoms with Crippen molar-refractivity contribution in [2.45, 2.75) is 51.0 Å². The number of likely N-dealkylation sites (tertiary alicyclic amines) is 1. The molecule has 25 heavy (non-hydrogen) atoms. The molecule has 3 amide bonds. The first kappa shape index (κ1) is 17.7. The summed E-state index contributed by atoms with van der Waals surface area (Å²) in [4.78, 5) is 32.6. The molecule has 1 aromatic heterocycles. The Morgan fingerprint density at radius 1 is 1.36 bits per heavy atom. The van der Waals surface area contributed by atoms with Crippen molar-refractivity contribution >= 4 is 11.9 Å². The number of nitrogens with one attached hydrogen (secondary N) is 1. The smallest absolute Gasteiger partial charge is 0.319 e. The summed E-state index contributed by atoms with van der Waals surface area (Å²) in [5.74, 6) is 0.763. The lowest BCUT2D eigenvalue weighted by Gasteiger charge is -2.45. The van der Waals surface area contributed by atoms with Gasteiger partial charge >= 0.3 is 6.03 Å². The van der Waals surface area contributed by atoms with Gasteiger partial charge in [-0.3, -0.25) is 4.79 Å². The summed E-state index contributed by atoms with van der Waals surface area (Å²) < 4.78 is 8.32. The van der Waals surface area contributed by atoms with Crippen LogP contribution in [0.4, 0.5) is 4.79 Å². The minimum absolute atomic E-state index is 0.00287. The number of imidazole rings is 1. The molecule has 0 aliphatic carbocycles. The number of hydrogen-bond donors (Lipinski definition) is 1. The first-order chi connectivity index (χ1) is 11.8. The zero-order valence-corrected chi connectivity index (χ0v) is 15.4. The van der Waals surface area contributed by atoms with Gasteiger partial charge in [-0.25, -0.2) is 9.78 Å². The molecule has 8 heteroatoms. The van der Waals surface area contributed by atoms with E-state index in [2.05, 4.69) is 10.3 Å². The Morgan fingerprint density at radius 2 is 2.04 bits per heavy atom. The molecule has 1 atom stereocenters. The Bertz CT molecular complexity index is 646. The highest BCUT2D eigenvalue weighted by Crippen LogP contribution is 2.40. The minimum atomic E-state index is -0.607. The van der Waals surface area contributed by atoms with Crippen LogP contribution in [0.1, 0.15) is 32.5 Å². The summed E-state index contributed by atoms with van der Waals surface area (Å²) in [6.07, 6.45) is 4.37. The molecule has 1 spiro atoms. The van der Waals surface area contributed by atoms with Crippen molar-refractivity contribution in [3.63, 3.8) is 0 Å². The molecule has 0 radical (unpaired) electrons. The number of carbonyl (C=O) groups is 2. The molecule has 3 heterocycles. The van der Waals surface area contributed by atoms with Crippen molar-refractivity contribution in [1.29, 1.82) is 0 Å². The molecular formula is C17H27N5O3. The molecule has 1 aromatic rings. The Balaban J connectivity index is 1.79. The number of hydrogen-bond acceptors (Lipinski definition) is 4. The monoisotopic (exact) mass is 349 g/mol. The van der Waals surface area contributed by atoms with Crippen molar-refractivity contribution in [1.82, 2.24) is 24.7 Å². The molecule has 2 aliphatic heterocycles. The summed E-state index contributed by atoms with van der Waals surface area (Å²) in [6.45, 7) is 5.51. The number of amides is 3. The Kier molecular flexibility index (Phi) is 4.73. The fourth-order valence-electron chi connectivity index (χ4n) is 3.59. The molecule has 1 fully saturated rings. The predicted octanol–water partition coefficient (Wildman–Crippen LogP) is 0.779. The van der Waals surface area contributed by atoms with Gasteiger partial charge in [0.15, 0.2) is 6.10 Å². The van der Waals surface area contributed by atoms with Gasteiger partial charge in [-0.1, -0.05) is 0 Å². The molecule has 8 nitrogen and oxygen atoms in total. The van der Waals surface area contributed by atoms with Gasteiger partial charge < -0.3 is 24.4 Å². The van der Waals surface area contributed by atoms with Crippen LogP contribution >= 0.6 is 0 Å². The second-order valence-electron chi connectivity index (χ2n) is 7.33. The van der Waals surface area contributed by atoms with Crippen LogP contribution in [0.25, 0.3) is 0 Å². The van der Waals surface area contributed by atoms with Gasteiger partial charge in [0, 0.05) is 58.5 Å². The normalized spacial score (nSPS) is 22.0. The van der Waals surface area contributed by atoms with E-state index in [1.54, 1.807) is 25.2 Å². The van der Waals surface area contributed by atoms with Gasteiger partial charge in [0.2, 0.25) is 0 Å². The summed E-state index contributed by atoms with van der Waals surface area (Å²) in [7, 11) is 3.51. The van der Waals surface area contributed by atoms with E-state index in [4.69, 9.17) is 4.74 Å². The van der Waals surface area contributed by atoms with Crippen LogP contribution in [0.5, 0.6) is 0 Å². The van der Waals surface area contributed by atoms with Crippen molar-refractivity contribution in [3.05, 3.63) is 18.2 Å². The van der Waals surface area contributed by atoms with E-state index >= 15 is 0 Å². The van der Waals surface area contributed by atoms with E-state index in [0.717, 1.165) is 5.82 Å². The molecule has 0 aromatic carbocycles. The van der Waals surface area contributed by atoms with Gasteiger partial charge in [-0.15, -0.1) is 0 Å². The molecule has 1 saturated heterocycles.